The Balaban J connectivity index is 3.50. The molecule has 0 unspecified atom stereocenters. The maximum Gasteiger partial charge on any atom is 0.416 e. The molecule has 0 radical (unpaired) electrons. The van der Waals surface area contributed by atoms with E-state index in [1.807, 2.05) is 5.32 Å². The first-order valence-electron chi connectivity index (χ1n) is 6.08. The molecule has 0 aliphatic carbocycles. The number of nitrogens with one attached hydrogen (secondary N) is 1. The molecule has 0 amide bonds. The summed E-state index contributed by atoms with van der Waals surface area (Å²) >= 11 is 0. The summed E-state index contributed by atoms with van der Waals surface area (Å²) in [6.07, 6.45) is -8.83. The third kappa shape index (κ3) is 5.92. The quantitative estimate of drug-likeness (QED) is 0.771. The van der Waals surface area contributed by atoms with Crippen LogP contribution in [-0.4, -0.2) is 29.3 Å². The van der Waals surface area contributed by atoms with Gasteiger partial charge in [-0.2, -0.15) is 26.3 Å². The SMILES string of the molecule is CS(=O)(=O)C(=CNc1cc(C(F)(F)F)cc(C(F)(F)F)c1)S(C)(=O)=O. The third-order valence-electron chi connectivity index (χ3n) is 2.68. The largest absolute Gasteiger partial charge is 0.416 e. The van der Waals surface area contributed by atoms with E-state index in [9.17, 15) is 43.2 Å². The van der Waals surface area contributed by atoms with E-state index >= 15 is 0 Å². The van der Waals surface area contributed by atoms with E-state index in [0.29, 0.717) is 18.7 Å². The van der Waals surface area contributed by atoms with Crippen molar-refractivity contribution < 1.29 is 43.2 Å². The highest BCUT2D eigenvalue weighted by Crippen LogP contribution is 2.37. The number of halogens is 6. The minimum Gasteiger partial charge on any atom is -0.360 e. The lowest BCUT2D eigenvalue weighted by Crippen LogP contribution is -2.14. The number of benzene rings is 1. The number of hydrogen-bond donors (Lipinski definition) is 1. The summed E-state index contributed by atoms with van der Waals surface area (Å²) in [7, 11) is -8.61. The Morgan fingerprint density at radius 3 is 1.48 bits per heavy atom. The molecule has 0 spiro atoms. The summed E-state index contributed by atoms with van der Waals surface area (Å²) in [4.78, 5) is 0. The second kappa shape index (κ2) is 6.52. The number of alkyl halides is 6. The van der Waals surface area contributed by atoms with Crippen LogP contribution in [0.3, 0.4) is 0 Å². The lowest BCUT2D eigenvalue weighted by atomic mass is 10.1. The van der Waals surface area contributed by atoms with E-state index in [4.69, 9.17) is 0 Å². The van der Waals surface area contributed by atoms with Crippen LogP contribution in [0.15, 0.2) is 28.6 Å². The van der Waals surface area contributed by atoms with Crippen molar-refractivity contribution in [1.29, 1.82) is 0 Å². The van der Waals surface area contributed by atoms with E-state index in [2.05, 4.69) is 0 Å². The first-order chi connectivity index (χ1) is 10.9. The molecule has 0 fully saturated rings. The molecule has 0 aromatic heterocycles. The highest BCUT2D eigenvalue weighted by atomic mass is 32.3. The van der Waals surface area contributed by atoms with Crippen molar-refractivity contribution in [3.05, 3.63) is 39.8 Å². The van der Waals surface area contributed by atoms with Gasteiger partial charge in [0, 0.05) is 24.4 Å². The van der Waals surface area contributed by atoms with Gasteiger partial charge < -0.3 is 5.32 Å². The van der Waals surface area contributed by atoms with Crippen LogP contribution in [0.25, 0.3) is 0 Å². The first-order valence-corrected chi connectivity index (χ1v) is 9.87. The van der Waals surface area contributed by atoms with Gasteiger partial charge in [0.2, 0.25) is 0 Å². The Morgan fingerprint density at radius 2 is 1.20 bits per heavy atom. The van der Waals surface area contributed by atoms with Crippen LogP contribution in [-0.2, 0) is 32.0 Å². The molecule has 0 heterocycles. The molecule has 0 aliphatic heterocycles. The van der Waals surface area contributed by atoms with Crippen LogP contribution in [0.5, 0.6) is 0 Å². The molecule has 0 atom stereocenters. The van der Waals surface area contributed by atoms with Crippen molar-refractivity contribution in [3.63, 3.8) is 0 Å². The average Bonchev–Trinajstić information content (AvgIpc) is 2.33. The highest BCUT2D eigenvalue weighted by Gasteiger charge is 2.37. The summed E-state index contributed by atoms with van der Waals surface area (Å²) in [6, 6.07) is 0.449. The van der Waals surface area contributed by atoms with Gasteiger partial charge >= 0.3 is 12.4 Å². The normalized spacial score (nSPS) is 13.4. The van der Waals surface area contributed by atoms with Crippen LogP contribution in [0, 0.1) is 0 Å². The van der Waals surface area contributed by atoms with E-state index in [0.717, 1.165) is 0 Å². The second-order valence-electron chi connectivity index (χ2n) is 4.95. The Hall–Kier alpha value is -1.76. The third-order valence-corrected chi connectivity index (χ3v) is 6.19. The van der Waals surface area contributed by atoms with Crippen molar-refractivity contribution >= 4 is 25.4 Å². The molecule has 0 aliphatic rings. The van der Waals surface area contributed by atoms with E-state index in [1.54, 1.807) is 0 Å². The van der Waals surface area contributed by atoms with Gasteiger partial charge in [-0.05, 0) is 18.2 Å². The van der Waals surface area contributed by atoms with E-state index < -0.39 is 53.1 Å². The van der Waals surface area contributed by atoms with Gasteiger partial charge in [0.25, 0.3) is 0 Å². The summed E-state index contributed by atoms with van der Waals surface area (Å²) in [6.45, 7) is 0. The summed E-state index contributed by atoms with van der Waals surface area (Å²) in [5, 5.41) is 1.86. The monoisotopic (exact) mass is 411 g/mol. The Labute approximate surface area is 139 Å². The molecular formula is C12H11F6NO4S2. The average molecular weight is 411 g/mol. The fourth-order valence-corrected chi connectivity index (χ4v) is 4.42. The van der Waals surface area contributed by atoms with Crippen LogP contribution < -0.4 is 5.32 Å². The lowest BCUT2D eigenvalue weighted by Gasteiger charge is -2.14. The highest BCUT2D eigenvalue weighted by molar-refractivity contribution is 8.13. The number of sulfone groups is 2. The van der Waals surface area contributed by atoms with Crippen LogP contribution in [0.2, 0.25) is 0 Å². The van der Waals surface area contributed by atoms with Crippen LogP contribution >= 0.6 is 0 Å². The van der Waals surface area contributed by atoms with Gasteiger partial charge in [-0.15, -0.1) is 0 Å². The molecule has 0 saturated heterocycles. The van der Waals surface area contributed by atoms with Gasteiger partial charge in [0.05, 0.1) is 11.1 Å². The molecule has 142 valence electrons. The molecule has 1 N–H and O–H groups in total. The minimum absolute atomic E-state index is 0.122. The van der Waals surface area contributed by atoms with Gasteiger partial charge in [-0.1, -0.05) is 0 Å². The Morgan fingerprint density at radius 1 is 0.840 bits per heavy atom. The first kappa shape index (κ1) is 21.3. The zero-order valence-electron chi connectivity index (χ0n) is 12.5. The second-order valence-corrected chi connectivity index (χ2v) is 9.17. The molecule has 0 bridgehead atoms. The molecule has 0 saturated carbocycles. The van der Waals surface area contributed by atoms with Crippen molar-refractivity contribution in [2.24, 2.45) is 0 Å². The van der Waals surface area contributed by atoms with E-state index in [-0.39, 0.29) is 18.2 Å². The standard InChI is InChI=1S/C12H11F6NO4S2/c1-24(20,21)10(25(2,22)23)6-19-9-4-7(11(13,14)15)3-8(5-9)12(16,17)18/h3-6,19H,1-2H3. The zero-order chi connectivity index (χ0) is 19.8. The lowest BCUT2D eigenvalue weighted by molar-refractivity contribution is -0.143. The summed E-state index contributed by atoms with van der Waals surface area (Å²) in [5.41, 5.74) is -4.07. The molecule has 13 heteroatoms. The minimum atomic E-state index is -5.10. The molecule has 1 aromatic carbocycles. The molecule has 1 aromatic rings. The molecule has 1 rings (SSSR count). The van der Waals surface area contributed by atoms with Gasteiger partial charge in [0.15, 0.2) is 23.9 Å². The predicted octanol–water partition coefficient (Wildman–Crippen LogP) is 3.02. The maximum atomic E-state index is 12.7. The van der Waals surface area contributed by atoms with Crippen molar-refractivity contribution in [1.82, 2.24) is 0 Å². The number of hydrogen-bond acceptors (Lipinski definition) is 5. The summed E-state index contributed by atoms with van der Waals surface area (Å²) in [5.74, 6) is 0. The zero-order valence-corrected chi connectivity index (χ0v) is 14.2. The Bertz CT molecular complexity index is 832. The Kier molecular flexibility index (Phi) is 5.55. The van der Waals surface area contributed by atoms with Gasteiger partial charge in [-0.25, -0.2) is 16.8 Å². The smallest absolute Gasteiger partial charge is 0.360 e. The fourth-order valence-electron chi connectivity index (χ4n) is 1.67. The number of rotatable bonds is 4. The van der Waals surface area contributed by atoms with Gasteiger partial charge in [0.1, 0.15) is 0 Å². The van der Waals surface area contributed by atoms with Gasteiger partial charge in [-0.3, -0.25) is 0 Å². The van der Waals surface area contributed by atoms with Crippen molar-refractivity contribution in [3.8, 4) is 0 Å². The molecule has 5 nitrogen and oxygen atoms in total. The topological polar surface area (TPSA) is 80.3 Å². The van der Waals surface area contributed by atoms with Crippen LogP contribution in [0.1, 0.15) is 11.1 Å². The van der Waals surface area contributed by atoms with Crippen LogP contribution in [0.4, 0.5) is 32.0 Å². The molecular weight excluding hydrogens is 400 g/mol. The number of anilines is 1. The maximum absolute atomic E-state index is 12.7. The van der Waals surface area contributed by atoms with Crippen molar-refractivity contribution in [2.45, 2.75) is 12.4 Å². The van der Waals surface area contributed by atoms with E-state index in [1.165, 1.54) is 0 Å². The fraction of sp³-hybridized carbons (Fsp3) is 0.333. The summed E-state index contributed by atoms with van der Waals surface area (Å²) < 4.78 is 121. The van der Waals surface area contributed by atoms with Crippen molar-refractivity contribution in [2.75, 3.05) is 17.8 Å². The molecule has 25 heavy (non-hydrogen) atoms. The predicted molar refractivity (Wildman–Crippen MR) is 77.8 cm³/mol.